The molecule has 0 bridgehead atoms. The number of carbonyl (C=O) groups is 1. The second-order valence-corrected chi connectivity index (χ2v) is 5.90. The van der Waals surface area contributed by atoms with Crippen LogP contribution in [0.2, 0.25) is 0 Å². The number of aryl methyl sites for hydroxylation is 1. The van der Waals surface area contributed by atoms with Crippen molar-refractivity contribution in [2.24, 2.45) is 7.05 Å². The number of aromatic nitrogens is 1. The highest BCUT2D eigenvalue weighted by Gasteiger charge is 2.14. The van der Waals surface area contributed by atoms with E-state index in [0.29, 0.717) is 13.0 Å². The molecule has 3 heteroatoms. The van der Waals surface area contributed by atoms with Crippen LogP contribution in [-0.2, 0) is 24.7 Å². The number of nitrogens with zero attached hydrogens (tertiary/aromatic N) is 1. The summed E-state index contributed by atoms with van der Waals surface area (Å²) in [6.45, 7) is 2.75. The maximum absolute atomic E-state index is 12.3. The van der Waals surface area contributed by atoms with Crippen molar-refractivity contribution < 1.29 is 4.79 Å². The van der Waals surface area contributed by atoms with Gasteiger partial charge in [0.2, 0.25) is 5.91 Å². The molecule has 0 saturated carbocycles. The third kappa shape index (κ3) is 3.29. The molecule has 0 radical (unpaired) electrons. The Morgan fingerprint density at radius 3 is 2.52 bits per heavy atom. The molecular formula is C20H22N2O. The van der Waals surface area contributed by atoms with Crippen LogP contribution in [0, 0.1) is 6.92 Å². The van der Waals surface area contributed by atoms with Gasteiger partial charge in [-0.3, -0.25) is 4.79 Å². The number of carbonyl (C=O) groups excluding carboxylic acids is 1. The van der Waals surface area contributed by atoms with Gasteiger partial charge in [-0.1, -0.05) is 48.5 Å². The fourth-order valence-corrected chi connectivity index (χ4v) is 3.04. The van der Waals surface area contributed by atoms with E-state index < -0.39 is 0 Å². The minimum Gasteiger partial charge on any atom is -0.355 e. The van der Waals surface area contributed by atoms with Crippen molar-refractivity contribution in [3.63, 3.8) is 0 Å². The fraction of sp³-hybridized carbons (Fsp3) is 0.250. The molecule has 0 saturated heterocycles. The molecule has 3 rings (SSSR count). The summed E-state index contributed by atoms with van der Waals surface area (Å²) in [4.78, 5) is 12.3. The minimum atomic E-state index is 0.0837. The number of nitrogens with one attached hydrogen (secondary N) is 1. The van der Waals surface area contributed by atoms with Gasteiger partial charge in [-0.15, -0.1) is 0 Å². The molecule has 0 atom stereocenters. The average Bonchev–Trinajstić information content (AvgIpc) is 2.81. The van der Waals surface area contributed by atoms with Crippen molar-refractivity contribution in [1.29, 1.82) is 0 Å². The van der Waals surface area contributed by atoms with E-state index in [9.17, 15) is 4.79 Å². The largest absolute Gasteiger partial charge is 0.355 e. The number of amides is 1. The predicted molar refractivity (Wildman–Crippen MR) is 94.5 cm³/mol. The summed E-state index contributed by atoms with van der Waals surface area (Å²) in [5.74, 6) is 0.0837. The first-order chi connectivity index (χ1) is 11.2. The monoisotopic (exact) mass is 306 g/mol. The van der Waals surface area contributed by atoms with E-state index in [2.05, 4.69) is 48.1 Å². The molecule has 0 fully saturated rings. The van der Waals surface area contributed by atoms with Crippen LogP contribution in [0.4, 0.5) is 0 Å². The van der Waals surface area contributed by atoms with Crippen molar-refractivity contribution in [3.8, 4) is 0 Å². The van der Waals surface area contributed by atoms with Crippen molar-refractivity contribution in [1.82, 2.24) is 9.88 Å². The van der Waals surface area contributed by atoms with Crippen molar-refractivity contribution >= 4 is 16.8 Å². The fourth-order valence-electron chi connectivity index (χ4n) is 3.04. The summed E-state index contributed by atoms with van der Waals surface area (Å²) in [5.41, 5.74) is 4.70. The van der Waals surface area contributed by atoms with Gasteiger partial charge in [-0.25, -0.2) is 0 Å². The molecular weight excluding hydrogens is 284 g/mol. The maximum atomic E-state index is 12.3. The Bertz CT molecular complexity index is 818. The van der Waals surface area contributed by atoms with E-state index in [4.69, 9.17) is 0 Å². The Balaban J connectivity index is 1.65. The zero-order valence-corrected chi connectivity index (χ0v) is 13.7. The molecule has 0 spiro atoms. The molecule has 1 amide bonds. The second kappa shape index (κ2) is 6.69. The SMILES string of the molecule is Cc1c(CC(=O)NCCc2ccccc2)c2ccccc2n1C. The normalized spacial score (nSPS) is 10.9. The van der Waals surface area contributed by atoms with Gasteiger partial charge in [0.15, 0.2) is 0 Å². The Morgan fingerprint density at radius 1 is 1.04 bits per heavy atom. The smallest absolute Gasteiger partial charge is 0.224 e. The highest BCUT2D eigenvalue weighted by molar-refractivity contribution is 5.90. The Labute approximate surface area is 136 Å². The van der Waals surface area contributed by atoms with Crippen LogP contribution in [0.3, 0.4) is 0 Å². The van der Waals surface area contributed by atoms with Crippen molar-refractivity contribution in [2.45, 2.75) is 19.8 Å². The summed E-state index contributed by atoms with van der Waals surface area (Å²) < 4.78 is 2.15. The molecule has 3 nitrogen and oxygen atoms in total. The number of rotatable bonds is 5. The predicted octanol–water partition coefficient (Wildman–Crippen LogP) is 3.39. The molecule has 2 aromatic carbocycles. The Hall–Kier alpha value is -2.55. The first kappa shape index (κ1) is 15.3. The number of fused-ring (bicyclic) bond motifs is 1. The van der Waals surface area contributed by atoms with Gasteiger partial charge < -0.3 is 9.88 Å². The first-order valence-electron chi connectivity index (χ1n) is 8.00. The lowest BCUT2D eigenvalue weighted by Gasteiger charge is -2.06. The van der Waals surface area contributed by atoms with Gasteiger partial charge in [0.25, 0.3) is 0 Å². The third-order valence-electron chi connectivity index (χ3n) is 4.45. The van der Waals surface area contributed by atoms with Crippen molar-refractivity contribution in [2.75, 3.05) is 6.54 Å². The highest BCUT2D eigenvalue weighted by atomic mass is 16.1. The van der Waals surface area contributed by atoms with Crippen LogP contribution in [0.15, 0.2) is 54.6 Å². The number of para-hydroxylation sites is 1. The zero-order chi connectivity index (χ0) is 16.2. The van der Waals surface area contributed by atoms with Crippen LogP contribution in [0.25, 0.3) is 10.9 Å². The van der Waals surface area contributed by atoms with Crippen LogP contribution in [0.5, 0.6) is 0 Å². The van der Waals surface area contributed by atoms with Crippen LogP contribution >= 0.6 is 0 Å². The number of hydrogen-bond donors (Lipinski definition) is 1. The topological polar surface area (TPSA) is 34.0 Å². The molecule has 23 heavy (non-hydrogen) atoms. The summed E-state index contributed by atoms with van der Waals surface area (Å²) in [7, 11) is 2.05. The first-order valence-corrected chi connectivity index (χ1v) is 8.00. The van der Waals surface area contributed by atoms with Crippen LogP contribution in [0.1, 0.15) is 16.8 Å². The molecule has 118 valence electrons. The minimum absolute atomic E-state index is 0.0837. The third-order valence-corrected chi connectivity index (χ3v) is 4.45. The molecule has 0 aliphatic carbocycles. The molecule has 1 heterocycles. The molecule has 1 N–H and O–H groups in total. The van der Waals surface area contributed by atoms with Crippen LogP contribution in [-0.4, -0.2) is 17.0 Å². The van der Waals surface area contributed by atoms with E-state index >= 15 is 0 Å². The molecule has 3 aromatic rings. The second-order valence-electron chi connectivity index (χ2n) is 5.90. The van der Waals surface area contributed by atoms with Gasteiger partial charge in [-0.2, -0.15) is 0 Å². The molecule has 0 aliphatic heterocycles. The lowest BCUT2D eigenvalue weighted by Crippen LogP contribution is -2.27. The lowest BCUT2D eigenvalue weighted by molar-refractivity contribution is -0.120. The molecule has 1 aromatic heterocycles. The summed E-state index contributed by atoms with van der Waals surface area (Å²) >= 11 is 0. The van der Waals surface area contributed by atoms with E-state index in [1.807, 2.05) is 30.3 Å². The summed E-state index contributed by atoms with van der Waals surface area (Å²) in [5, 5.41) is 4.20. The Kier molecular flexibility index (Phi) is 4.47. The van der Waals surface area contributed by atoms with Gasteiger partial charge in [0.1, 0.15) is 0 Å². The van der Waals surface area contributed by atoms with E-state index in [0.717, 1.165) is 17.7 Å². The Morgan fingerprint density at radius 2 is 1.74 bits per heavy atom. The lowest BCUT2D eigenvalue weighted by atomic mass is 10.1. The van der Waals surface area contributed by atoms with Crippen molar-refractivity contribution in [3.05, 3.63) is 71.4 Å². The standard InChI is InChI=1S/C20H22N2O/c1-15-18(17-10-6-7-11-19(17)22(15)2)14-20(23)21-13-12-16-8-4-3-5-9-16/h3-11H,12-14H2,1-2H3,(H,21,23). The van der Waals surface area contributed by atoms with Gasteiger partial charge in [0, 0.05) is 30.2 Å². The quantitative estimate of drug-likeness (QED) is 0.770. The molecule has 0 aliphatic rings. The van der Waals surface area contributed by atoms with Crippen LogP contribution < -0.4 is 5.32 Å². The number of benzene rings is 2. The molecule has 0 unspecified atom stereocenters. The van der Waals surface area contributed by atoms with E-state index in [-0.39, 0.29) is 5.91 Å². The zero-order valence-electron chi connectivity index (χ0n) is 13.7. The summed E-state index contributed by atoms with van der Waals surface area (Å²) in [6.07, 6.45) is 1.29. The summed E-state index contributed by atoms with van der Waals surface area (Å²) in [6, 6.07) is 18.5. The maximum Gasteiger partial charge on any atom is 0.224 e. The van der Waals surface area contributed by atoms with Gasteiger partial charge >= 0.3 is 0 Å². The van der Waals surface area contributed by atoms with E-state index in [1.165, 1.54) is 16.5 Å². The van der Waals surface area contributed by atoms with Gasteiger partial charge in [-0.05, 0) is 30.5 Å². The highest BCUT2D eigenvalue weighted by Crippen LogP contribution is 2.25. The van der Waals surface area contributed by atoms with Gasteiger partial charge in [0.05, 0.1) is 6.42 Å². The van der Waals surface area contributed by atoms with E-state index in [1.54, 1.807) is 0 Å². The average molecular weight is 306 g/mol. The number of hydrogen-bond acceptors (Lipinski definition) is 1.